The number of halogens is 1. The van der Waals surface area contributed by atoms with Crippen molar-refractivity contribution in [1.82, 2.24) is 0 Å². The van der Waals surface area contributed by atoms with Crippen molar-refractivity contribution in [3.05, 3.63) is 28.8 Å². The standard InChI is InChI=1S/C10H13ClO3/c1-12-9-5-4-7(11)6-8(9)10(13-2)14-3/h4-6,10H,1-3H3. The summed E-state index contributed by atoms with van der Waals surface area (Å²) in [6, 6.07) is 5.30. The molecule has 0 N–H and O–H groups in total. The number of rotatable bonds is 4. The lowest BCUT2D eigenvalue weighted by atomic mass is 10.2. The molecule has 14 heavy (non-hydrogen) atoms. The maximum atomic E-state index is 5.87. The quantitative estimate of drug-likeness (QED) is 0.725. The predicted octanol–water partition coefficient (Wildman–Crippen LogP) is 2.64. The van der Waals surface area contributed by atoms with E-state index >= 15 is 0 Å². The van der Waals surface area contributed by atoms with Crippen LogP contribution >= 0.6 is 11.6 Å². The van der Waals surface area contributed by atoms with Gasteiger partial charge in [-0.15, -0.1) is 0 Å². The molecule has 0 aliphatic heterocycles. The molecule has 0 aliphatic carbocycles. The summed E-state index contributed by atoms with van der Waals surface area (Å²) in [4.78, 5) is 0. The van der Waals surface area contributed by atoms with E-state index in [1.54, 1.807) is 39.5 Å². The van der Waals surface area contributed by atoms with Crippen LogP contribution in [-0.4, -0.2) is 21.3 Å². The minimum absolute atomic E-state index is 0.455. The fourth-order valence-electron chi connectivity index (χ4n) is 1.24. The summed E-state index contributed by atoms with van der Waals surface area (Å²) >= 11 is 5.87. The van der Waals surface area contributed by atoms with Gasteiger partial charge in [-0.2, -0.15) is 0 Å². The van der Waals surface area contributed by atoms with Crippen molar-refractivity contribution in [3.8, 4) is 5.75 Å². The van der Waals surface area contributed by atoms with Crippen LogP contribution in [0.25, 0.3) is 0 Å². The molecule has 4 heteroatoms. The molecule has 0 saturated heterocycles. The van der Waals surface area contributed by atoms with E-state index in [1.807, 2.05) is 0 Å². The third kappa shape index (κ3) is 2.38. The van der Waals surface area contributed by atoms with Gasteiger partial charge in [-0.1, -0.05) is 11.6 Å². The first-order chi connectivity index (χ1) is 6.72. The van der Waals surface area contributed by atoms with E-state index < -0.39 is 6.29 Å². The zero-order chi connectivity index (χ0) is 10.6. The first-order valence-electron chi connectivity index (χ1n) is 4.12. The number of hydrogen-bond acceptors (Lipinski definition) is 3. The molecule has 0 atom stereocenters. The Kier molecular flexibility index (Phi) is 4.20. The topological polar surface area (TPSA) is 27.7 Å². The van der Waals surface area contributed by atoms with Crippen LogP contribution in [0.1, 0.15) is 11.9 Å². The molecule has 0 heterocycles. The number of ether oxygens (including phenoxy) is 3. The zero-order valence-electron chi connectivity index (χ0n) is 8.41. The van der Waals surface area contributed by atoms with Crippen LogP contribution in [0.5, 0.6) is 5.75 Å². The van der Waals surface area contributed by atoms with Gasteiger partial charge in [0.25, 0.3) is 0 Å². The van der Waals surface area contributed by atoms with Gasteiger partial charge in [0.2, 0.25) is 0 Å². The average molecular weight is 217 g/mol. The highest BCUT2D eigenvalue weighted by atomic mass is 35.5. The van der Waals surface area contributed by atoms with Gasteiger partial charge < -0.3 is 14.2 Å². The molecule has 0 bridgehead atoms. The molecule has 0 radical (unpaired) electrons. The second kappa shape index (κ2) is 5.20. The van der Waals surface area contributed by atoms with Gasteiger partial charge in [-0.05, 0) is 18.2 Å². The van der Waals surface area contributed by atoms with E-state index in [-0.39, 0.29) is 0 Å². The van der Waals surface area contributed by atoms with Gasteiger partial charge in [0.15, 0.2) is 6.29 Å². The van der Waals surface area contributed by atoms with Crippen molar-refractivity contribution in [2.24, 2.45) is 0 Å². The largest absolute Gasteiger partial charge is 0.496 e. The van der Waals surface area contributed by atoms with Crippen LogP contribution in [-0.2, 0) is 9.47 Å². The summed E-state index contributed by atoms with van der Waals surface area (Å²) < 4.78 is 15.4. The Labute approximate surface area is 88.5 Å². The molecule has 0 spiro atoms. The van der Waals surface area contributed by atoms with Crippen molar-refractivity contribution in [3.63, 3.8) is 0 Å². The molecule has 0 aromatic heterocycles. The number of hydrogen-bond donors (Lipinski definition) is 0. The summed E-state index contributed by atoms with van der Waals surface area (Å²) in [5.41, 5.74) is 0.782. The molecule has 0 aliphatic rings. The molecule has 0 fully saturated rings. The molecule has 1 rings (SSSR count). The molecule has 0 saturated carbocycles. The first-order valence-corrected chi connectivity index (χ1v) is 4.49. The summed E-state index contributed by atoms with van der Waals surface area (Å²) in [5.74, 6) is 0.697. The van der Waals surface area contributed by atoms with Crippen LogP contribution in [0.4, 0.5) is 0 Å². The van der Waals surface area contributed by atoms with Gasteiger partial charge in [0, 0.05) is 19.2 Å². The average Bonchev–Trinajstić information content (AvgIpc) is 2.20. The third-order valence-electron chi connectivity index (χ3n) is 1.87. The highest BCUT2D eigenvalue weighted by Gasteiger charge is 2.14. The summed E-state index contributed by atoms with van der Waals surface area (Å²) in [6.45, 7) is 0. The fraction of sp³-hybridized carbons (Fsp3) is 0.400. The van der Waals surface area contributed by atoms with Crippen LogP contribution in [0.2, 0.25) is 5.02 Å². The van der Waals surface area contributed by atoms with E-state index in [0.29, 0.717) is 10.8 Å². The monoisotopic (exact) mass is 216 g/mol. The molecule has 0 amide bonds. The lowest BCUT2D eigenvalue weighted by Gasteiger charge is -2.16. The van der Waals surface area contributed by atoms with E-state index in [1.165, 1.54) is 0 Å². The normalized spacial score (nSPS) is 10.6. The van der Waals surface area contributed by atoms with Crippen molar-refractivity contribution in [2.75, 3.05) is 21.3 Å². The maximum absolute atomic E-state index is 5.87. The molecule has 1 aromatic carbocycles. The van der Waals surface area contributed by atoms with E-state index in [2.05, 4.69) is 0 Å². The van der Waals surface area contributed by atoms with Crippen molar-refractivity contribution in [1.29, 1.82) is 0 Å². The zero-order valence-corrected chi connectivity index (χ0v) is 9.17. The second-order valence-corrected chi connectivity index (χ2v) is 3.13. The Morgan fingerprint density at radius 3 is 2.29 bits per heavy atom. The van der Waals surface area contributed by atoms with Crippen molar-refractivity contribution in [2.45, 2.75) is 6.29 Å². The molecule has 3 nitrogen and oxygen atoms in total. The van der Waals surface area contributed by atoms with E-state index in [9.17, 15) is 0 Å². The summed E-state index contributed by atoms with van der Waals surface area (Å²) in [6.07, 6.45) is -0.455. The SMILES string of the molecule is COc1ccc(Cl)cc1C(OC)OC. The molecule has 0 unspecified atom stereocenters. The maximum Gasteiger partial charge on any atom is 0.186 e. The van der Waals surface area contributed by atoms with Crippen LogP contribution in [0, 0.1) is 0 Å². The Morgan fingerprint density at radius 2 is 1.79 bits per heavy atom. The Balaban J connectivity index is 3.08. The Bertz CT molecular complexity index is 297. The van der Waals surface area contributed by atoms with E-state index in [4.69, 9.17) is 25.8 Å². The van der Waals surface area contributed by atoms with Crippen molar-refractivity contribution < 1.29 is 14.2 Å². The fourth-order valence-corrected chi connectivity index (χ4v) is 1.42. The molecular weight excluding hydrogens is 204 g/mol. The van der Waals surface area contributed by atoms with Crippen LogP contribution < -0.4 is 4.74 Å². The van der Waals surface area contributed by atoms with Gasteiger partial charge in [0.05, 0.1) is 12.7 Å². The Hall–Kier alpha value is -0.770. The highest BCUT2D eigenvalue weighted by molar-refractivity contribution is 6.30. The van der Waals surface area contributed by atoms with E-state index in [0.717, 1.165) is 5.56 Å². The van der Waals surface area contributed by atoms with Gasteiger partial charge >= 0.3 is 0 Å². The first kappa shape index (κ1) is 11.3. The summed E-state index contributed by atoms with van der Waals surface area (Å²) in [5, 5.41) is 0.625. The van der Waals surface area contributed by atoms with Crippen LogP contribution in [0.3, 0.4) is 0 Å². The van der Waals surface area contributed by atoms with Crippen LogP contribution in [0.15, 0.2) is 18.2 Å². The minimum Gasteiger partial charge on any atom is -0.496 e. The smallest absolute Gasteiger partial charge is 0.186 e. The molecule has 78 valence electrons. The summed E-state index contributed by atoms with van der Waals surface area (Å²) in [7, 11) is 4.72. The van der Waals surface area contributed by atoms with Gasteiger partial charge in [-0.3, -0.25) is 0 Å². The highest BCUT2D eigenvalue weighted by Crippen LogP contribution is 2.30. The number of benzene rings is 1. The molecular formula is C10H13ClO3. The molecule has 1 aromatic rings. The number of methoxy groups -OCH3 is 3. The van der Waals surface area contributed by atoms with Crippen molar-refractivity contribution >= 4 is 11.6 Å². The second-order valence-electron chi connectivity index (χ2n) is 2.69. The lowest BCUT2D eigenvalue weighted by molar-refractivity contribution is -0.106. The van der Waals surface area contributed by atoms with Gasteiger partial charge in [-0.25, -0.2) is 0 Å². The lowest BCUT2D eigenvalue weighted by Crippen LogP contribution is -2.05. The van der Waals surface area contributed by atoms with Gasteiger partial charge in [0.1, 0.15) is 5.75 Å². The minimum atomic E-state index is -0.455. The Morgan fingerprint density at radius 1 is 1.14 bits per heavy atom. The predicted molar refractivity (Wildman–Crippen MR) is 54.8 cm³/mol. The third-order valence-corrected chi connectivity index (χ3v) is 2.11.